The van der Waals surface area contributed by atoms with Gasteiger partial charge in [0.25, 0.3) is 0 Å². The molecule has 1 N–H and O–H groups in total. The highest BCUT2D eigenvalue weighted by molar-refractivity contribution is 5.44. The van der Waals surface area contributed by atoms with Crippen molar-refractivity contribution in [3.63, 3.8) is 0 Å². The number of hydrogen-bond acceptors (Lipinski definition) is 5. The molecule has 7 heteroatoms. The molecular weight excluding hydrogens is 350 g/mol. The van der Waals surface area contributed by atoms with Gasteiger partial charge < -0.3 is 9.80 Å². The highest BCUT2D eigenvalue weighted by Gasteiger charge is 2.30. The zero-order valence-electron chi connectivity index (χ0n) is 15.5. The molecule has 0 aliphatic carbocycles. The van der Waals surface area contributed by atoms with Gasteiger partial charge in [-0.1, -0.05) is 60.7 Å². The zero-order valence-corrected chi connectivity index (χ0v) is 15.5. The Kier molecular flexibility index (Phi) is 4.42. The number of rotatable bonds is 4. The van der Waals surface area contributed by atoms with Crippen LogP contribution in [0.3, 0.4) is 0 Å². The maximum atomic E-state index is 4.54. The number of nitrogens with zero attached hydrogens (tertiary/aromatic N) is 6. The second-order valence-electron chi connectivity index (χ2n) is 7.12. The first-order valence-electron chi connectivity index (χ1n) is 9.63. The minimum atomic E-state index is 0.347. The predicted octanol–water partition coefficient (Wildman–Crippen LogP) is 1.01. The number of benzene rings is 2. The largest absolute Gasteiger partial charge is 0.344 e. The summed E-state index contributed by atoms with van der Waals surface area (Å²) in [5.74, 6) is 0.926. The van der Waals surface area contributed by atoms with E-state index >= 15 is 0 Å². The van der Waals surface area contributed by atoms with Crippen molar-refractivity contribution in [2.45, 2.75) is 6.04 Å². The van der Waals surface area contributed by atoms with Gasteiger partial charge in [0.2, 0.25) is 0 Å². The summed E-state index contributed by atoms with van der Waals surface area (Å²) in [6.07, 6.45) is 0. The van der Waals surface area contributed by atoms with Gasteiger partial charge in [-0.25, -0.2) is 0 Å². The number of nitrogens with one attached hydrogen (secondary N) is 1. The molecule has 1 aliphatic rings. The normalized spacial score (nSPS) is 15.4. The van der Waals surface area contributed by atoms with Gasteiger partial charge in [0.1, 0.15) is 6.04 Å². The number of quaternary nitrogens is 1. The molecule has 140 valence electrons. The first-order valence-corrected chi connectivity index (χ1v) is 9.63. The molecule has 7 nitrogen and oxygen atoms in total. The molecule has 2 aromatic carbocycles. The third kappa shape index (κ3) is 3.20. The van der Waals surface area contributed by atoms with Crippen LogP contribution < -0.4 is 9.80 Å². The summed E-state index contributed by atoms with van der Waals surface area (Å²) in [6.45, 7) is 3.99. The van der Waals surface area contributed by atoms with E-state index in [0.717, 1.165) is 32.0 Å². The third-order valence-corrected chi connectivity index (χ3v) is 5.46. The molecule has 1 saturated heterocycles. The maximum absolute atomic E-state index is 4.54. The van der Waals surface area contributed by atoms with E-state index in [2.05, 4.69) is 86.2 Å². The van der Waals surface area contributed by atoms with Gasteiger partial charge in [-0.2, -0.15) is 0 Å². The lowest BCUT2D eigenvalue weighted by Gasteiger charge is -2.37. The van der Waals surface area contributed by atoms with Gasteiger partial charge in [0.15, 0.2) is 11.5 Å². The fourth-order valence-corrected chi connectivity index (χ4v) is 4.08. The monoisotopic (exact) mass is 372 g/mol. The molecule has 0 amide bonds. The van der Waals surface area contributed by atoms with Crippen LogP contribution in [-0.4, -0.2) is 51.4 Å². The van der Waals surface area contributed by atoms with Crippen LogP contribution >= 0.6 is 0 Å². The van der Waals surface area contributed by atoms with Crippen molar-refractivity contribution in [1.29, 1.82) is 0 Å². The summed E-state index contributed by atoms with van der Waals surface area (Å²) in [5.41, 5.74) is 3.40. The molecule has 1 fully saturated rings. The Morgan fingerprint density at radius 2 is 1.43 bits per heavy atom. The molecule has 1 aliphatic heterocycles. The average molecular weight is 372 g/mol. The minimum Gasteiger partial charge on any atom is -0.344 e. The van der Waals surface area contributed by atoms with Crippen LogP contribution in [-0.2, 0) is 0 Å². The Morgan fingerprint density at radius 1 is 0.786 bits per heavy atom. The van der Waals surface area contributed by atoms with Crippen molar-refractivity contribution in [2.24, 2.45) is 0 Å². The van der Waals surface area contributed by atoms with Crippen molar-refractivity contribution in [3.8, 4) is 0 Å². The van der Waals surface area contributed by atoms with Gasteiger partial charge in [0.05, 0.1) is 26.2 Å². The quantitative estimate of drug-likeness (QED) is 0.579. The molecule has 5 rings (SSSR count). The van der Waals surface area contributed by atoms with Crippen molar-refractivity contribution in [2.75, 3.05) is 31.1 Å². The van der Waals surface area contributed by atoms with E-state index in [0.29, 0.717) is 11.7 Å². The number of anilines is 1. The van der Waals surface area contributed by atoms with E-state index in [1.54, 1.807) is 4.90 Å². The fraction of sp³-hybridized carbons (Fsp3) is 0.238. The highest BCUT2D eigenvalue weighted by atomic mass is 15.6. The second kappa shape index (κ2) is 7.36. The highest BCUT2D eigenvalue weighted by Crippen LogP contribution is 2.20. The second-order valence-corrected chi connectivity index (χ2v) is 7.12. The molecule has 2 aromatic heterocycles. The fourth-order valence-electron chi connectivity index (χ4n) is 4.08. The number of fused-ring (bicyclic) bond motifs is 1. The summed E-state index contributed by atoms with van der Waals surface area (Å²) in [4.78, 5) is 3.90. The number of tetrazole rings is 1. The van der Waals surface area contributed by atoms with E-state index in [4.69, 9.17) is 0 Å². The molecule has 0 radical (unpaired) electrons. The Hall–Kier alpha value is -3.32. The summed E-state index contributed by atoms with van der Waals surface area (Å²) in [6, 6.07) is 25.9. The molecule has 0 saturated carbocycles. The van der Waals surface area contributed by atoms with Crippen LogP contribution in [0.4, 0.5) is 5.82 Å². The SMILES string of the molecule is c1ccc(C(c2ccccc2)[NH+]2CCN(c3ccc4nnnn4n3)CC2)cc1. The molecule has 0 spiro atoms. The van der Waals surface area contributed by atoms with Crippen LogP contribution in [0.1, 0.15) is 17.2 Å². The van der Waals surface area contributed by atoms with Crippen molar-refractivity contribution in [3.05, 3.63) is 83.9 Å². The lowest BCUT2D eigenvalue weighted by Crippen LogP contribution is -3.15. The van der Waals surface area contributed by atoms with E-state index in [9.17, 15) is 0 Å². The van der Waals surface area contributed by atoms with Gasteiger partial charge >= 0.3 is 0 Å². The number of piperazine rings is 1. The minimum absolute atomic E-state index is 0.347. The van der Waals surface area contributed by atoms with Gasteiger partial charge in [0, 0.05) is 11.1 Å². The van der Waals surface area contributed by atoms with Crippen LogP contribution in [0.15, 0.2) is 72.8 Å². The summed E-state index contributed by atoms with van der Waals surface area (Å²) in [5, 5.41) is 16.0. The van der Waals surface area contributed by atoms with Crippen LogP contribution in [0.5, 0.6) is 0 Å². The zero-order chi connectivity index (χ0) is 18.8. The van der Waals surface area contributed by atoms with Gasteiger partial charge in [-0.15, -0.1) is 14.8 Å². The van der Waals surface area contributed by atoms with E-state index in [1.807, 2.05) is 12.1 Å². The van der Waals surface area contributed by atoms with E-state index in [1.165, 1.54) is 15.8 Å². The van der Waals surface area contributed by atoms with Crippen molar-refractivity contribution in [1.82, 2.24) is 25.3 Å². The molecule has 28 heavy (non-hydrogen) atoms. The molecule has 0 atom stereocenters. The Morgan fingerprint density at radius 3 is 2.07 bits per heavy atom. The van der Waals surface area contributed by atoms with Crippen molar-refractivity contribution < 1.29 is 4.90 Å². The molecule has 4 aromatic rings. The van der Waals surface area contributed by atoms with Crippen molar-refractivity contribution >= 4 is 11.5 Å². The molecular formula is C21H22N7+. The average Bonchev–Trinajstić information content (AvgIpc) is 3.24. The molecule has 0 bridgehead atoms. The molecule has 0 unspecified atom stereocenters. The topological polar surface area (TPSA) is 63.7 Å². The third-order valence-electron chi connectivity index (χ3n) is 5.46. The first kappa shape index (κ1) is 16.8. The number of aromatic nitrogens is 5. The predicted molar refractivity (Wildman–Crippen MR) is 106 cm³/mol. The lowest BCUT2D eigenvalue weighted by atomic mass is 9.96. The summed E-state index contributed by atoms with van der Waals surface area (Å²) < 4.78 is 1.49. The lowest BCUT2D eigenvalue weighted by molar-refractivity contribution is -0.926. The van der Waals surface area contributed by atoms with Crippen LogP contribution in [0.2, 0.25) is 0 Å². The summed E-state index contributed by atoms with van der Waals surface area (Å²) >= 11 is 0. The first-order chi connectivity index (χ1) is 13.9. The van der Waals surface area contributed by atoms with E-state index in [-0.39, 0.29) is 0 Å². The smallest absolute Gasteiger partial charge is 0.200 e. The van der Waals surface area contributed by atoms with E-state index < -0.39 is 0 Å². The maximum Gasteiger partial charge on any atom is 0.200 e. The van der Waals surface area contributed by atoms with Gasteiger partial charge in [-0.3, -0.25) is 0 Å². The molecule has 3 heterocycles. The Labute approximate surface area is 163 Å². The Balaban J connectivity index is 1.37. The standard InChI is InChI=1S/C21H21N7/c1-3-7-17(8-4-1)21(18-9-5-2-6-10-18)27-15-13-26(14-16-27)20-12-11-19-22-24-25-28(19)23-20/h1-12,21H,13-16H2/p+1. The Bertz CT molecular complexity index is 1000. The van der Waals surface area contributed by atoms with Crippen LogP contribution in [0.25, 0.3) is 5.65 Å². The summed E-state index contributed by atoms with van der Waals surface area (Å²) in [7, 11) is 0. The van der Waals surface area contributed by atoms with Crippen LogP contribution in [0, 0.1) is 0 Å². The van der Waals surface area contributed by atoms with Gasteiger partial charge in [-0.05, 0) is 22.6 Å². The number of hydrogen-bond donors (Lipinski definition) is 1.